The first-order chi connectivity index (χ1) is 9.97. The minimum absolute atomic E-state index is 0.146. The van der Waals surface area contributed by atoms with E-state index in [1.165, 1.54) is 12.3 Å². The number of aromatic carboxylic acids is 1. The topological polar surface area (TPSA) is 91.3 Å². The van der Waals surface area contributed by atoms with Crippen LogP contribution in [-0.4, -0.2) is 22.1 Å². The monoisotopic (exact) mass is 285 g/mol. The molecule has 1 heterocycles. The summed E-state index contributed by atoms with van der Waals surface area (Å²) >= 11 is 0. The molecule has 0 saturated heterocycles. The number of hydrogen-bond acceptors (Lipinski definition) is 3. The zero-order chi connectivity index (χ0) is 15.4. The summed E-state index contributed by atoms with van der Waals surface area (Å²) in [6.45, 7) is 3.85. The summed E-state index contributed by atoms with van der Waals surface area (Å²) in [5.74, 6) is -1.20. The highest BCUT2D eigenvalue weighted by Gasteiger charge is 2.13. The Hall–Kier alpha value is -2.89. The number of benzene rings is 1. The Kier molecular flexibility index (Phi) is 4.18. The predicted molar refractivity (Wildman–Crippen MR) is 79.8 cm³/mol. The average molecular weight is 285 g/mol. The standard InChI is InChI=1S/C15H15N3O3/c1-9-5-6-11(10(2)8-9)17-15(21)18-12-4-3-7-16-13(12)14(19)20/h3-8H,1-2H3,(H,19,20)(H2,17,18,21). The number of carboxylic acids is 1. The minimum Gasteiger partial charge on any atom is -0.476 e. The number of aromatic nitrogens is 1. The lowest BCUT2D eigenvalue weighted by molar-refractivity contribution is 0.0692. The number of nitrogens with zero attached hydrogens (tertiary/aromatic N) is 1. The molecule has 3 N–H and O–H groups in total. The predicted octanol–water partition coefficient (Wildman–Crippen LogP) is 3.04. The van der Waals surface area contributed by atoms with Crippen LogP contribution < -0.4 is 10.6 Å². The van der Waals surface area contributed by atoms with E-state index >= 15 is 0 Å². The summed E-state index contributed by atoms with van der Waals surface area (Å²) in [5, 5.41) is 14.2. The Labute approximate surface area is 121 Å². The highest BCUT2D eigenvalue weighted by atomic mass is 16.4. The molecule has 6 nitrogen and oxygen atoms in total. The summed E-state index contributed by atoms with van der Waals surface area (Å²) in [4.78, 5) is 26.7. The summed E-state index contributed by atoms with van der Waals surface area (Å²) in [7, 11) is 0. The molecule has 2 rings (SSSR count). The van der Waals surface area contributed by atoms with Gasteiger partial charge in [0.05, 0.1) is 5.69 Å². The fraction of sp³-hybridized carbons (Fsp3) is 0.133. The van der Waals surface area contributed by atoms with Gasteiger partial charge in [-0.2, -0.15) is 0 Å². The number of aryl methyl sites for hydroxylation is 2. The highest BCUT2D eigenvalue weighted by molar-refractivity contribution is 6.04. The lowest BCUT2D eigenvalue weighted by Gasteiger charge is -2.11. The van der Waals surface area contributed by atoms with E-state index in [9.17, 15) is 9.59 Å². The van der Waals surface area contributed by atoms with Gasteiger partial charge in [0.2, 0.25) is 0 Å². The second-order valence-corrected chi connectivity index (χ2v) is 4.60. The third-order valence-electron chi connectivity index (χ3n) is 2.89. The fourth-order valence-corrected chi connectivity index (χ4v) is 1.91. The van der Waals surface area contributed by atoms with Gasteiger partial charge in [-0.1, -0.05) is 17.7 Å². The van der Waals surface area contributed by atoms with E-state index in [0.717, 1.165) is 11.1 Å². The van der Waals surface area contributed by atoms with Crippen LogP contribution in [0.15, 0.2) is 36.5 Å². The number of carbonyl (C=O) groups is 2. The van der Waals surface area contributed by atoms with Gasteiger partial charge in [-0.15, -0.1) is 0 Å². The van der Waals surface area contributed by atoms with Crippen LogP contribution in [0.1, 0.15) is 21.6 Å². The molecule has 2 aromatic rings. The maximum absolute atomic E-state index is 12.0. The van der Waals surface area contributed by atoms with Gasteiger partial charge in [0.1, 0.15) is 0 Å². The van der Waals surface area contributed by atoms with Crippen LogP contribution in [0.3, 0.4) is 0 Å². The van der Waals surface area contributed by atoms with E-state index in [0.29, 0.717) is 5.69 Å². The molecule has 0 radical (unpaired) electrons. The van der Waals surface area contributed by atoms with Crippen molar-refractivity contribution in [2.45, 2.75) is 13.8 Å². The molecule has 0 fully saturated rings. The summed E-state index contributed by atoms with van der Waals surface area (Å²) in [6, 6.07) is 8.15. The van der Waals surface area contributed by atoms with Crippen molar-refractivity contribution in [1.29, 1.82) is 0 Å². The number of pyridine rings is 1. The lowest BCUT2D eigenvalue weighted by atomic mass is 10.1. The molecular formula is C15H15N3O3. The van der Waals surface area contributed by atoms with Crippen molar-refractivity contribution in [3.63, 3.8) is 0 Å². The van der Waals surface area contributed by atoms with Gasteiger partial charge in [0.15, 0.2) is 5.69 Å². The van der Waals surface area contributed by atoms with E-state index in [2.05, 4.69) is 15.6 Å². The van der Waals surface area contributed by atoms with Crippen LogP contribution in [0.4, 0.5) is 16.2 Å². The molecule has 0 aliphatic carbocycles. The second-order valence-electron chi connectivity index (χ2n) is 4.60. The van der Waals surface area contributed by atoms with Crippen molar-refractivity contribution < 1.29 is 14.7 Å². The van der Waals surface area contributed by atoms with Crippen LogP contribution in [0.5, 0.6) is 0 Å². The number of carboxylic acid groups (broad SMARTS) is 1. The fourth-order valence-electron chi connectivity index (χ4n) is 1.91. The van der Waals surface area contributed by atoms with Crippen LogP contribution >= 0.6 is 0 Å². The van der Waals surface area contributed by atoms with E-state index in [-0.39, 0.29) is 11.4 Å². The van der Waals surface area contributed by atoms with Crippen LogP contribution in [0.25, 0.3) is 0 Å². The quantitative estimate of drug-likeness (QED) is 0.808. The maximum Gasteiger partial charge on any atom is 0.356 e. The zero-order valence-electron chi connectivity index (χ0n) is 11.7. The van der Waals surface area contributed by atoms with Gasteiger partial charge in [-0.3, -0.25) is 0 Å². The Balaban J connectivity index is 2.14. The molecule has 0 unspecified atom stereocenters. The largest absolute Gasteiger partial charge is 0.476 e. The number of nitrogens with one attached hydrogen (secondary N) is 2. The first-order valence-electron chi connectivity index (χ1n) is 6.31. The van der Waals surface area contributed by atoms with E-state index < -0.39 is 12.0 Å². The molecule has 0 spiro atoms. The van der Waals surface area contributed by atoms with Gasteiger partial charge >= 0.3 is 12.0 Å². The smallest absolute Gasteiger partial charge is 0.356 e. The van der Waals surface area contributed by atoms with E-state index in [1.54, 1.807) is 12.1 Å². The van der Waals surface area contributed by atoms with E-state index in [4.69, 9.17) is 5.11 Å². The Bertz CT molecular complexity index is 698. The molecule has 0 atom stereocenters. The molecule has 0 saturated carbocycles. The minimum atomic E-state index is -1.20. The molecule has 6 heteroatoms. The molecule has 1 aromatic carbocycles. The number of urea groups is 1. The molecule has 21 heavy (non-hydrogen) atoms. The van der Waals surface area contributed by atoms with Crippen LogP contribution in [0, 0.1) is 13.8 Å². The lowest BCUT2D eigenvalue weighted by Crippen LogP contribution is -2.21. The average Bonchev–Trinajstić information content (AvgIpc) is 2.42. The van der Waals surface area contributed by atoms with Gasteiger partial charge in [-0.05, 0) is 37.6 Å². The number of anilines is 2. The Morgan fingerprint density at radius 3 is 2.48 bits per heavy atom. The zero-order valence-corrected chi connectivity index (χ0v) is 11.7. The first-order valence-corrected chi connectivity index (χ1v) is 6.31. The second kappa shape index (κ2) is 6.04. The third kappa shape index (κ3) is 3.56. The van der Waals surface area contributed by atoms with Crippen molar-refractivity contribution in [2.75, 3.05) is 10.6 Å². The van der Waals surface area contributed by atoms with Gasteiger partial charge in [-0.25, -0.2) is 14.6 Å². The van der Waals surface area contributed by atoms with Gasteiger partial charge in [0, 0.05) is 11.9 Å². The van der Waals surface area contributed by atoms with E-state index in [1.807, 2.05) is 26.0 Å². The molecule has 108 valence electrons. The van der Waals surface area contributed by atoms with Crippen molar-refractivity contribution in [1.82, 2.24) is 4.98 Å². The van der Waals surface area contributed by atoms with Gasteiger partial charge < -0.3 is 15.7 Å². The highest BCUT2D eigenvalue weighted by Crippen LogP contribution is 2.17. The Morgan fingerprint density at radius 2 is 1.81 bits per heavy atom. The number of hydrogen-bond donors (Lipinski definition) is 3. The summed E-state index contributed by atoms with van der Waals surface area (Å²) < 4.78 is 0. The van der Waals surface area contributed by atoms with Crippen molar-refractivity contribution >= 4 is 23.4 Å². The molecule has 0 aliphatic rings. The molecule has 0 bridgehead atoms. The molecule has 2 amide bonds. The van der Waals surface area contributed by atoms with Crippen molar-refractivity contribution in [3.8, 4) is 0 Å². The summed E-state index contributed by atoms with van der Waals surface area (Å²) in [5.41, 5.74) is 2.63. The van der Waals surface area contributed by atoms with Crippen molar-refractivity contribution in [3.05, 3.63) is 53.3 Å². The van der Waals surface area contributed by atoms with Crippen molar-refractivity contribution in [2.24, 2.45) is 0 Å². The third-order valence-corrected chi connectivity index (χ3v) is 2.89. The summed E-state index contributed by atoms with van der Waals surface area (Å²) in [6.07, 6.45) is 1.36. The van der Waals surface area contributed by atoms with Crippen LogP contribution in [-0.2, 0) is 0 Å². The maximum atomic E-state index is 12.0. The number of amides is 2. The SMILES string of the molecule is Cc1ccc(NC(=O)Nc2cccnc2C(=O)O)c(C)c1. The molecule has 1 aromatic heterocycles. The number of rotatable bonds is 3. The van der Waals surface area contributed by atoms with Gasteiger partial charge in [0.25, 0.3) is 0 Å². The van der Waals surface area contributed by atoms with Crippen LogP contribution in [0.2, 0.25) is 0 Å². The first kappa shape index (κ1) is 14.5. The molecule has 0 aliphatic heterocycles. The number of carbonyl (C=O) groups excluding carboxylic acids is 1. The molecular weight excluding hydrogens is 270 g/mol. The normalized spacial score (nSPS) is 10.0. The Morgan fingerprint density at radius 1 is 1.10 bits per heavy atom.